The summed E-state index contributed by atoms with van der Waals surface area (Å²) in [7, 11) is 0. The number of amides is 1. The number of aromatic nitrogens is 1. The van der Waals surface area contributed by atoms with Gasteiger partial charge in [-0.1, -0.05) is 36.4 Å². The van der Waals surface area contributed by atoms with E-state index >= 15 is 0 Å². The highest BCUT2D eigenvalue weighted by Gasteiger charge is 2.10. The number of nitrogens with two attached hydrogens (primary N) is 1. The van der Waals surface area contributed by atoms with E-state index in [1.165, 1.54) is 0 Å². The molecule has 1 aromatic heterocycles. The molecule has 5 heteroatoms. The molecule has 0 unspecified atom stereocenters. The number of nitrogens with zero attached hydrogens (tertiary/aromatic N) is 2. The molecule has 2 aromatic carbocycles. The maximum atomic E-state index is 11.6. The summed E-state index contributed by atoms with van der Waals surface area (Å²) in [6.07, 6.45) is 1.80. The Bertz CT molecular complexity index is 804. The molecule has 3 rings (SSSR count). The zero-order valence-corrected chi connectivity index (χ0v) is 13.8. The van der Waals surface area contributed by atoms with E-state index in [1.54, 1.807) is 18.3 Å². The molecule has 5 nitrogen and oxygen atoms in total. The molecule has 3 N–H and O–H groups in total. The summed E-state index contributed by atoms with van der Waals surface area (Å²) in [5, 5.41) is 0. The second kappa shape index (κ2) is 8.08. The van der Waals surface area contributed by atoms with Gasteiger partial charge in [-0.05, 0) is 42.0 Å². The highest BCUT2D eigenvalue weighted by atomic mass is 16.2. The summed E-state index contributed by atoms with van der Waals surface area (Å²) in [4.78, 5) is 18.2. The number of pyridine rings is 1. The molecule has 0 aliphatic carbocycles. The number of para-hydroxylation sites is 1. The monoisotopic (exact) mass is 332 g/mol. The Morgan fingerprint density at radius 3 is 2.28 bits per heavy atom. The maximum Gasteiger partial charge on any atom is 0.265 e. The molecule has 3 aromatic rings. The SMILES string of the molecule is NNC(=O)c1ccc(CN(Cc2ccccn2)c2ccccc2)cc1. The quantitative estimate of drug-likeness (QED) is 0.414. The van der Waals surface area contributed by atoms with Gasteiger partial charge in [-0.2, -0.15) is 0 Å². The molecular formula is C20H20N4O. The van der Waals surface area contributed by atoms with Crippen LogP contribution < -0.4 is 16.2 Å². The fraction of sp³-hybridized carbons (Fsp3) is 0.100. The first-order chi connectivity index (χ1) is 12.3. The van der Waals surface area contributed by atoms with Crippen molar-refractivity contribution >= 4 is 11.6 Å². The zero-order chi connectivity index (χ0) is 17.5. The van der Waals surface area contributed by atoms with Crippen LogP contribution in [0.2, 0.25) is 0 Å². The van der Waals surface area contributed by atoms with Crippen LogP contribution in [-0.2, 0) is 13.1 Å². The summed E-state index contributed by atoms with van der Waals surface area (Å²) in [5.74, 6) is 4.88. The van der Waals surface area contributed by atoms with Crippen molar-refractivity contribution in [2.45, 2.75) is 13.1 Å². The van der Waals surface area contributed by atoms with Gasteiger partial charge in [0.15, 0.2) is 0 Å². The molecule has 25 heavy (non-hydrogen) atoms. The van der Waals surface area contributed by atoms with Crippen LogP contribution in [0.15, 0.2) is 79.0 Å². The Morgan fingerprint density at radius 1 is 0.920 bits per heavy atom. The van der Waals surface area contributed by atoms with Gasteiger partial charge in [0.25, 0.3) is 5.91 Å². The number of anilines is 1. The van der Waals surface area contributed by atoms with Gasteiger partial charge in [0.2, 0.25) is 0 Å². The minimum Gasteiger partial charge on any atom is -0.361 e. The molecule has 0 fully saturated rings. The Hall–Kier alpha value is -3.18. The number of nitrogens with one attached hydrogen (secondary N) is 1. The minimum atomic E-state index is -0.292. The van der Waals surface area contributed by atoms with Crippen molar-refractivity contribution in [2.24, 2.45) is 5.84 Å². The second-order valence-electron chi connectivity index (χ2n) is 5.68. The molecule has 1 heterocycles. The Labute approximate surface area is 147 Å². The van der Waals surface area contributed by atoms with E-state index in [2.05, 4.69) is 27.4 Å². The highest BCUT2D eigenvalue weighted by molar-refractivity contribution is 5.93. The topological polar surface area (TPSA) is 71.2 Å². The van der Waals surface area contributed by atoms with Crippen molar-refractivity contribution in [1.82, 2.24) is 10.4 Å². The van der Waals surface area contributed by atoms with Crippen LogP contribution in [0.25, 0.3) is 0 Å². The predicted octanol–water partition coefficient (Wildman–Crippen LogP) is 2.89. The molecule has 0 aliphatic heterocycles. The minimum absolute atomic E-state index is 0.292. The molecule has 0 saturated heterocycles. The average Bonchev–Trinajstić information content (AvgIpc) is 2.69. The summed E-state index contributed by atoms with van der Waals surface area (Å²) >= 11 is 0. The van der Waals surface area contributed by atoms with Gasteiger partial charge in [-0.15, -0.1) is 0 Å². The van der Waals surface area contributed by atoms with Crippen LogP contribution in [0, 0.1) is 0 Å². The fourth-order valence-corrected chi connectivity index (χ4v) is 2.63. The molecule has 1 amide bonds. The van der Waals surface area contributed by atoms with E-state index in [0.29, 0.717) is 18.7 Å². The third-order valence-corrected chi connectivity index (χ3v) is 3.92. The van der Waals surface area contributed by atoms with Crippen LogP contribution in [0.5, 0.6) is 0 Å². The van der Waals surface area contributed by atoms with Crippen LogP contribution in [-0.4, -0.2) is 10.9 Å². The first-order valence-corrected chi connectivity index (χ1v) is 8.06. The van der Waals surface area contributed by atoms with E-state index in [0.717, 1.165) is 16.9 Å². The summed E-state index contributed by atoms with van der Waals surface area (Å²) in [6.45, 7) is 1.42. The van der Waals surface area contributed by atoms with Crippen LogP contribution in [0.1, 0.15) is 21.6 Å². The van der Waals surface area contributed by atoms with Crippen LogP contribution in [0.3, 0.4) is 0 Å². The smallest absolute Gasteiger partial charge is 0.265 e. The van der Waals surface area contributed by atoms with Gasteiger partial charge < -0.3 is 4.90 Å². The lowest BCUT2D eigenvalue weighted by Gasteiger charge is -2.25. The van der Waals surface area contributed by atoms with Crippen molar-refractivity contribution in [3.05, 3.63) is 95.8 Å². The fourth-order valence-electron chi connectivity index (χ4n) is 2.63. The molecule has 0 aliphatic rings. The summed E-state index contributed by atoms with van der Waals surface area (Å²) in [6, 6.07) is 23.6. The van der Waals surface area contributed by atoms with Crippen molar-refractivity contribution in [3.8, 4) is 0 Å². The molecular weight excluding hydrogens is 312 g/mol. The average molecular weight is 332 g/mol. The Morgan fingerprint density at radius 2 is 1.64 bits per heavy atom. The van der Waals surface area contributed by atoms with Gasteiger partial charge in [0.1, 0.15) is 0 Å². The van der Waals surface area contributed by atoms with Crippen molar-refractivity contribution in [1.29, 1.82) is 0 Å². The number of carbonyl (C=O) groups is 1. The van der Waals surface area contributed by atoms with Crippen LogP contribution >= 0.6 is 0 Å². The lowest BCUT2D eigenvalue weighted by atomic mass is 10.1. The Kier molecular flexibility index (Phi) is 5.39. The lowest BCUT2D eigenvalue weighted by Crippen LogP contribution is -2.30. The number of hydrogen-bond acceptors (Lipinski definition) is 4. The van der Waals surface area contributed by atoms with E-state index in [4.69, 9.17) is 5.84 Å². The van der Waals surface area contributed by atoms with E-state index in [9.17, 15) is 4.79 Å². The van der Waals surface area contributed by atoms with Crippen molar-refractivity contribution in [3.63, 3.8) is 0 Å². The number of hydrogen-bond donors (Lipinski definition) is 2. The highest BCUT2D eigenvalue weighted by Crippen LogP contribution is 2.19. The molecule has 0 spiro atoms. The summed E-state index contributed by atoms with van der Waals surface area (Å²) < 4.78 is 0. The summed E-state index contributed by atoms with van der Waals surface area (Å²) in [5.41, 5.74) is 5.92. The first-order valence-electron chi connectivity index (χ1n) is 8.06. The van der Waals surface area contributed by atoms with Gasteiger partial charge in [-0.3, -0.25) is 15.2 Å². The number of nitrogen functional groups attached to an aromatic ring is 1. The molecule has 0 saturated carbocycles. The van der Waals surface area contributed by atoms with E-state index < -0.39 is 0 Å². The number of rotatable bonds is 6. The number of benzene rings is 2. The standard InChI is InChI=1S/C20H20N4O/c21-23-20(25)17-11-9-16(10-12-17)14-24(19-7-2-1-3-8-19)15-18-6-4-5-13-22-18/h1-13H,14-15,21H2,(H,23,25). The predicted molar refractivity (Wildman–Crippen MR) is 98.7 cm³/mol. The molecule has 0 atom stereocenters. The van der Waals surface area contributed by atoms with E-state index in [-0.39, 0.29) is 5.91 Å². The third-order valence-electron chi connectivity index (χ3n) is 3.92. The van der Waals surface area contributed by atoms with Gasteiger partial charge in [0.05, 0.1) is 12.2 Å². The zero-order valence-electron chi connectivity index (χ0n) is 13.8. The third kappa shape index (κ3) is 4.43. The largest absolute Gasteiger partial charge is 0.361 e. The lowest BCUT2D eigenvalue weighted by molar-refractivity contribution is 0.0953. The normalized spacial score (nSPS) is 10.3. The number of hydrazine groups is 1. The molecule has 0 bridgehead atoms. The maximum absolute atomic E-state index is 11.6. The van der Waals surface area contributed by atoms with E-state index in [1.807, 2.05) is 48.5 Å². The van der Waals surface area contributed by atoms with Gasteiger partial charge in [-0.25, -0.2) is 5.84 Å². The van der Waals surface area contributed by atoms with Gasteiger partial charge in [0, 0.05) is 24.0 Å². The second-order valence-corrected chi connectivity index (χ2v) is 5.68. The van der Waals surface area contributed by atoms with Crippen LogP contribution in [0.4, 0.5) is 5.69 Å². The number of carbonyl (C=O) groups excluding carboxylic acids is 1. The molecule has 126 valence electrons. The molecule has 0 radical (unpaired) electrons. The Balaban J connectivity index is 1.81. The van der Waals surface area contributed by atoms with Crippen molar-refractivity contribution < 1.29 is 4.79 Å². The first kappa shape index (κ1) is 16.7. The van der Waals surface area contributed by atoms with Crippen molar-refractivity contribution in [2.75, 3.05) is 4.90 Å². The van der Waals surface area contributed by atoms with Gasteiger partial charge >= 0.3 is 0 Å².